The first-order valence-electron chi connectivity index (χ1n) is 6.78. The number of alkyl halides is 3. The highest BCUT2D eigenvalue weighted by Crippen LogP contribution is 2.25. The highest BCUT2D eigenvalue weighted by atomic mass is 32.2. The fourth-order valence-corrected chi connectivity index (χ4v) is 3.67. The Kier molecular flexibility index (Phi) is 5.29. The molecule has 1 aromatic carbocycles. The fourth-order valence-electron chi connectivity index (χ4n) is 2.12. The SMILES string of the molecule is O=C(OC1CNCCN1S(=O)(=O)c1cccc([N+](=O)[O-])c1)C(F)(F)F. The van der Waals surface area contributed by atoms with E-state index >= 15 is 0 Å². The second-order valence-corrected chi connectivity index (χ2v) is 6.82. The van der Waals surface area contributed by atoms with Crippen molar-refractivity contribution in [2.45, 2.75) is 17.3 Å². The van der Waals surface area contributed by atoms with Crippen molar-refractivity contribution in [1.29, 1.82) is 0 Å². The van der Waals surface area contributed by atoms with Gasteiger partial charge in [-0.2, -0.15) is 17.5 Å². The Morgan fingerprint density at radius 1 is 1.40 bits per heavy atom. The number of piperazine rings is 1. The standard InChI is InChI=1S/C12H12F3N3O6S/c13-12(14,15)11(19)24-10-7-16-4-5-17(10)25(22,23)9-3-1-2-8(6-9)18(20)21/h1-3,6,10,16H,4-5,7H2. The number of carbonyl (C=O) groups is 1. The summed E-state index contributed by atoms with van der Waals surface area (Å²) >= 11 is 0. The van der Waals surface area contributed by atoms with Crippen molar-refractivity contribution in [3.05, 3.63) is 34.4 Å². The van der Waals surface area contributed by atoms with Crippen LogP contribution in [-0.4, -0.2) is 55.7 Å². The van der Waals surface area contributed by atoms with E-state index in [1.807, 2.05) is 0 Å². The molecule has 1 fully saturated rings. The van der Waals surface area contributed by atoms with E-state index in [9.17, 15) is 36.5 Å². The van der Waals surface area contributed by atoms with Gasteiger partial charge in [-0.25, -0.2) is 13.2 Å². The average Bonchev–Trinajstić information content (AvgIpc) is 2.54. The molecule has 1 aliphatic heterocycles. The molecule has 0 spiro atoms. The number of nitrogens with zero attached hydrogens (tertiary/aromatic N) is 2. The predicted octanol–water partition coefficient (Wildman–Crippen LogP) is 0.620. The number of sulfonamides is 1. The third kappa shape index (κ3) is 4.24. The van der Waals surface area contributed by atoms with Crippen LogP contribution in [0.3, 0.4) is 0 Å². The second kappa shape index (κ2) is 6.93. The monoisotopic (exact) mass is 383 g/mol. The molecule has 1 saturated heterocycles. The lowest BCUT2D eigenvalue weighted by Crippen LogP contribution is -2.56. The van der Waals surface area contributed by atoms with Crippen molar-refractivity contribution in [2.75, 3.05) is 19.6 Å². The summed E-state index contributed by atoms with van der Waals surface area (Å²) in [6.45, 7) is -0.523. The van der Waals surface area contributed by atoms with Crippen LogP contribution in [0.5, 0.6) is 0 Å². The summed E-state index contributed by atoms with van der Waals surface area (Å²) in [4.78, 5) is 20.5. The molecule has 0 bridgehead atoms. The maximum absolute atomic E-state index is 12.6. The molecule has 0 aromatic heterocycles. The molecule has 2 rings (SSSR count). The number of halogens is 3. The molecule has 0 amide bonds. The molecule has 0 aliphatic carbocycles. The third-order valence-electron chi connectivity index (χ3n) is 3.26. The topological polar surface area (TPSA) is 119 Å². The van der Waals surface area contributed by atoms with Gasteiger partial charge in [0.2, 0.25) is 10.0 Å². The van der Waals surface area contributed by atoms with E-state index in [2.05, 4.69) is 10.1 Å². The lowest BCUT2D eigenvalue weighted by atomic mass is 10.3. The summed E-state index contributed by atoms with van der Waals surface area (Å²) in [6.07, 6.45) is -7.01. The van der Waals surface area contributed by atoms with Gasteiger partial charge in [-0.1, -0.05) is 6.07 Å². The van der Waals surface area contributed by atoms with Gasteiger partial charge in [0.25, 0.3) is 5.69 Å². The molecule has 13 heteroatoms. The lowest BCUT2D eigenvalue weighted by Gasteiger charge is -2.34. The molecule has 9 nitrogen and oxygen atoms in total. The Morgan fingerprint density at radius 2 is 2.08 bits per heavy atom. The van der Waals surface area contributed by atoms with Crippen LogP contribution in [0.2, 0.25) is 0 Å². The molecule has 1 N–H and O–H groups in total. The number of esters is 1. The molecule has 1 aliphatic rings. The summed E-state index contributed by atoms with van der Waals surface area (Å²) in [5.41, 5.74) is -0.500. The minimum absolute atomic E-state index is 0.105. The largest absolute Gasteiger partial charge is 0.490 e. The highest BCUT2D eigenvalue weighted by Gasteiger charge is 2.45. The molecule has 138 valence electrons. The van der Waals surface area contributed by atoms with Gasteiger partial charge in [-0.3, -0.25) is 10.1 Å². The molecule has 0 radical (unpaired) electrons. The van der Waals surface area contributed by atoms with E-state index in [0.717, 1.165) is 24.3 Å². The zero-order chi connectivity index (χ0) is 18.8. The Balaban J connectivity index is 2.33. The van der Waals surface area contributed by atoms with E-state index in [1.165, 1.54) is 0 Å². The average molecular weight is 383 g/mol. The minimum atomic E-state index is -5.28. The molecule has 1 atom stereocenters. The lowest BCUT2D eigenvalue weighted by molar-refractivity contribution is -0.385. The van der Waals surface area contributed by atoms with Gasteiger partial charge < -0.3 is 10.1 Å². The maximum atomic E-state index is 12.6. The maximum Gasteiger partial charge on any atom is 0.490 e. The first-order chi connectivity index (χ1) is 11.5. The van der Waals surface area contributed by atoms with Crippen molar-refractivity contribution >= 4 is 21.7 Å². The molecule has 0 saturated carbocycles. The number of hydrogen-bond acceptors (Lipinski definition) is 7. The first kappa shape index (κ1) is 19.1. The Hall–Kier alpha value is -2.25. The Morgan fingerprint density at radius 3 is 2.68 bits per heavy atom. The quantitative estimate of drug-likeness (QED) is 0.460. The van der Waals surface area contributed by atoms with Crippen molar-refractivity contribution in [3.8, 4) is 0 Å². The summed E-state index contributed by atoms with van der Waals surface area (Å²) in [6, 6.07) is 4.04. The van der Waals surface area contributed by atoms with Crippen molar-refractivity contribution in [1.82, 2.24) is 9.62 Å². The normalized spacial score (nSPS) is 19.4. The van der Waals surface area contributed by atoms with Crippen LogP contribution in [0, 0.1) is 10.1 Å². The summed E-state index contributed by atoms with van der Waals surface area (Å²) in [7, 11) is -4.41. The van der Waals surface area contributed by atoms with Crippen molar-refractivity contribution < 1.29 is 36.0 Å². The van der Waals surface area contributed by atoms with Gasteiger partial charge in [-0.05, 0) is 6.07 Å². The number of carbonyl (C=O) groups excluding carboxylic acids is 1. The zero-order valence-electron chi connectivity index (χ0n) is 12.4. The van der Waals surface area contributed by atoms with Gasteiger partial charge in [0, 0.05) is 31.8 Å². The first-order valence-corrected chi connectivity index (χ1v) is 8.22. The summed E-state index contributed by atoms with van der Waals surface area (Å²) in [5, 5.41) is 13.4. The number of benzene rings is 1. The van der Waals surface area contributed by atoms with E-state index in [-0.39, 0.29) is 19.6 Å². The number of hydrogen-bond donors (Lipinski definition) is 1. The Labute approximate surface area is 139 Å². The number of nitro groups is 1. The zero-order valence-corrected chi connectivity index (χ0v) is 13.2. The molecule has 1 aromatic rings. The van der Waals surface area contributed by atoms with Crippen LogP contribution >= 0.6 is 0 Å². The molecular weight excluding hydrogens is 371 g/mol. The van der Waals surface area contributed by atoms with E-state index in [4.69, 9.17) is 0 Å². The van der Waals surface area contributed by atoms with Crippen LogP contribution in [0.4, 0.5) is 18.9 Å². The number of nitro benzene ring substituents is 1. The Bertz CT molecular complexity index is 783. The number of nitrogens with one attached hydrogen (secondary N) is 1. The van der Waals surface area contributed by atoms with Crippen LogP contribution in [0.25, 0.3) is 0 Å². The van der Waals surface area contributed by atoms with Crippen LogP contribution < -0.4 is 5.32 Å². The van der Waals surface area contributed by atoms with Crippen LogP contribution in [0.1, 0.15) is 0 Å². The van der Waals surface area contributed by atoms with Crippen molar-refractivity contribution in [2.24, 2.45) is 0 Å². The second-order valence-electron chi connectivity index (χ2n) is 4.93. The fraction of sp³-hybridized carbons (Fsp3) is 0.417. The molecule has 1 heterocycles. The molecule has 25 heavy (non-hydrogen) atoms. The van der Waals surface area contributed by atoms with E-state index in [1.54, 1.807) is 0 Å². The van der Waals surface area contributed by atoms with Gasteiger partial charge >= 0.3 is 12.1 Å². The van der Waals surface area contributed by atoms with E-state index in [0.29, 0.717) is 4.31 Å². The summed E-state index contributed by atoms with van der Waals surface area (Å²) in [5.74, 6) is -2.53. The predicted molar refractivity (Wildman–Crippen MR) is 75.8 cm³/mol. The number of ether oxygens (including phenoxy) is 1. The van der Waals surface area contributed by atoms with Gasteiger partial charge in [0.15, 0.2) is 6.23 Å². The van der Waals surface area contributed by atoms with Gasteiger partial charge in [0.05, 0.1) is 9.82 Å². The van der Waals surface area contributed by atoms with Crippen molar-refractivity contribution in [3.63, 3.8) is 0 Å². The van der Waals surface area contributed by atoms with Crippen LogP contribution in [-0.2, 0) is 19.6 Å². The molecular formula is C12H12F3N3O6S. The highest BCUT2D eigenvalue weighted by molar-refractivity contribution is 7.89. The summed E-state index contributed by atoms with van der Waals surface area (Å²) < 4.78 is 67.1. The number of non-ortho nitro benzene ring substituents is 1. The van der Waals surface area contributed by atoms with E-state index < -0.39 is 43.9 Å². The molecule has 1 unspecified atom stereocenters. The minimum Gasteiger partial charge on any atom is -0.437 e. The van der Waals surface area contributed by atoms with Gasteiger partial charge in [-0.15, -0.1) is 0 Å². The van der Waals surface area contributed by atoms with Crippen LogP contribution in [0.15, 0.2) is 29.2 Å². The smallest absolute Gasteiger partial charge is 0.437 e. The third-order valence-corrected chi connectivity index (χ3v) is 5.14. The number of rotatable bonds is 4. The van der Waals surface area contributed by atoms with Gasteiger partial charge in [0.1, 0.15) is 0 Å².